The van der Waals surface area contributed by atoms with Gasteiger partial charge in [0.05, 0.1) is 15.7 Å². The van der Waals surface area contributed by atoms with E-state index in [2.05, 4.69) is 102 Å². The molecule has 0 fully saturated rings. The number of hydrogen-bond acceptors (Lipinski definition) is 4. The van der Waals surface area contributed by atoms with Crippen molar-refractivity contribution in [3.63, 3.8) is 0 Å². The molecule has 0 bridgehead atoms. The van der Waals surface area contributed by atoms with Crippen LogP contribution < -0.4 is 0 Å². The van der Waals surface area contributed by atoms with Gasteiger partial charge in [-0.05, 0) is 53.2 Å². The average molecular weight is 631 g/mol. The third-order valence-electron chi connectivity index (χ3n) is 9.22. The first kappa shape index (κ1) is 27.0. The highest BCUT2D eigenvalue weighted by Gasteiger charge is 2.19. The molecule has 5 heteroatoms. The molecule has 10 rings (SSSR count). The van der Waals surface area contributed by atoms with E-state index in [0.29, 0.717) is 17.5 Å². The van der Waals surface area contributed by atoms with Gasteiger partial charge in [0.25, 0.3) is 0 Å². The van der Waals surface area contributed by atoms with E-state index in [1.54, 1.807) is 0 Å². The van der Waals surface area contributed by atoms with E-state index in [4.69, 9.17) is 15.0 Å². The van der Waals surface area contributed by atoms with Crippen LogP contribution in [0.25, 0.3) is 92.6 Å². The lowest BCUT2D eigenvalue weighted by Gasteiger charge is -2.11. The molecule has 10 aromatic rings. The lowest BCUT2D eigenvalue weighted by atomic mass is 10.1. The Bertz CT molecular complexity index is 2760. The van der Waals surface area contributed by atoms with Crippen LogP contribution in [0.5, 0.6) is 0 Å². The zero-order chi connectivity index (χ0) is 31.6. The van der Waals surface area contributed by atoms with Gasteiger partial charge in [0.2, 0.25) is 0 Å². The van der Waals surface area contributed by atoms with Crippen molar-refractivity contribution < 1.29 is 0 Å². The largest absolute Gasteiger partial charge is 0.308 e. The molecular formula is C43H26N4S. The maximum atomic E-state index is 4.95. The maximum Gasteiger partial charge on any atom is 0.164 e. The van der Waals surface area contributed by atoms with Gasteiger partial charge in [0.15, 0.2) is 17.5 Å². The molecule has 48 heavy (non-hydrogen) atoms. The summed E-state index contributed by atoms with van der Waals surface area (Å²) in [5.41, 5.74) is 6.38. The molecular weight excluding hydrogens is 605 g/mol. The highest BCUT2D eigenvalue weighted by atomic mass is 32.1. The Balaban J connectivity index is 1.17. The number of benzene rings is 7. The van der Waals surface area contributed by atoms with Gasteiger partial charge in [-0.15, -0.1) is 11.3 Å². The third kappa shape index (κ3) is 4.25. The monoisotopic (exact) mass is 630 g/mol. The Labute approximate surface area is 280 Å². The standard InChI is InChI=1S/C43H26N4S/c1-3-11-27(12-4-1)41-44-42(28-13-5-2-6-14-28)46-43(45-41)29-19-21-32(22-20-29)47-37-18-10-9-17-33(37)34-23-24-35-36-25-30-15-7-8-16-31(30)26-38(36)48-40(35)39(34)47/h1-26H. The number of nitrogens with zero attached hydrogens (tertiary/aromatic N) is 4. The van der Waals surface area contributed by atoms with Crippen LogP contribution >= 0.6 is 11.3 Å². The molecule has 0 unspecified atom stereocenters. The minimum absolute atomic E-state index is 0.649. The predicted molar refractivity (Wildman–Crippen MR) is 201 cm³/mol. The Kier molecular flexibility index (Phi) is 6.01. The average Bonchev–Trinajstić information content (AvgIpc) is 3.70. The summed E-state index contributed by atoms with van der Waals surface area (Å²) in [5, 5.41) is 7.65. The van der Waals surface area contributed by atoms with Crippen molar-refractivity contribution in [2.45, 2.75) is 0 Å². The molecule has 0 aliphatic rings. The van der Waals surface area contributed by atoms with Crippen LogP contribution in [0.2, 0.25) is 0 Å². The summed E-state index contributed by atoms with van der Waals surface area (Å²) in [5.74, 6) is 1.96. The number of thiophene rings is 1. The second-order valence-electron chi connectivity index (χ2n) is 12.1. The van der Waals surface area contributed by atoms with Crippen LogP contribution in [-0.4, -0.2) is 19.5 Å². The fourth-order valence-corrected chi connectivity index (χ4v) is 8.20. The van der Waals surface area contributed by atoms with Gasteiger partial charge in [0, 0.05) is 48.6 Å². The van der Waals surface area contributed by atoms with Crippen molar-refractivity contribution in [2.24, 2.45) is 0 Å². The van der Waals surface area contributed by atoms with E-state index < -0.39 is 0 Å². The van der Waals surface area contributed by atoms with Crippen molar-refractivity contribution in [1.29, 1.82) is 0 Å². The minimum Gasteiger partial charge on any atom is -0.308 e. The van der Waals surface area contributed by atoms with Crippen LogP contribution in [0.1, 0.15) is 0 Å². The maximum absolute atomic E-state index is 4.95. The van der Waals surface area contributed by atoms with E-state index in [-0.39, 0.29) is 0 Å². The minimum atomic E-state index is 0.649. The number of hydrogen-bond donors (Lipinski definition) is 0. The Morgan fingerprint density at radius 3 is 1.62 bits per heavy atom. The Morgan fingerprint density at radius 1 is 0.417 bits per heavy atom. The van der Waals surface area contributed by atoms with E-state index >= 15 is 0 Å². The second kappa shape index (κ2) is 10.7. The van der Waals surface area contributed by atoms with Gasteiger partial charge in [-0.25, -0.2) is 15.0 Å². The molecule has 3 aromatic heterocycles. The van der Waals surface area contributed by atoms with Crippen LogP contribution in [0.4, 0.5) is 0 Å². The first-order valence-corrected chi connectivity index (χ1v) is 16.9. The van der Waals surface area contributed by atoms with E-state index in [0.717, 1.165) is 22.4 Å². The molecule has 0 radical (unpaired) electrons. The molecule has 0 N–H and O–H groups in total. The molecule has 0 saturated carbocycles. The van der Waals surface area contributed by atoms with Crippen molar-refractivity contribution in [2.75, 3.05) is 0 Å². The Morgan fingerprint density at radius 2 is 0.958 bits per heavy atom. The highest BCUT2D eigenvalue weighted by Crippen LogP contribution is 2.44. The molecule has 4 nitrogen and oxygen atoms in total. The smallest absolute Gasteiger partial charge is 0.164 e. The van der Waals surface area contributed by atoms with Crippen molar-refractivity contribution in [3.8, 4) is 39.9 Å². The van der Waals surface area contributed by atoms with E-state index in [9.17, 15) is 0 Å². The summed E-state index contributed by atoms with van der Waals surface area (Å²) in [4.78, 5) is 14.8. The second-order valence-corrected chi connectivity index (χ2v) is 13.1. The molecule has 7 aromatic carbocycles. The summed E-state index contributed by atoms with van der Waals surface area (Å²) in [6.45, 7) is 0. The number of aromatic nitrogens is 4. The van der Waals surface area contributed by atoms with E-state index in [1.807, 2.05) is 72.0 Å². The summed E-state index contributed by atoms with van der Waals surface area (Å²) in [6.07, 6.45) is 0. The van der Waals surface area contributed by atoms with Gasteiger partial charge in [-0.1, -0.05) is 115 Å². The predicted octanol–water partition coefficient (Wildman–Crippen LogP) is 11.5. The number of para-hydroxylation sites is 1. The molecule has 0 aliphatic heterocycles. The Hall–Kier alpha value is -6.17. The van der Waals surface area contributed by atoms with Crippen LogP contribution in [-0.2, 0) is 0 Å². The topological polar surface area (TPSA) is 43.6 Å². The van der Waals surface area contributed by atoms with Crippen LogP contribution in [0.15, 0.2) is 158 Å². The number of rotatable bonds is 4. The zero-order valence-electron chi connectivity index (χ0n) is 25.7. The third-order valence-corrected chi connectivity index (χ3v) is 10.4. The molecule has 3 heterocycles. The van der Waals surface area contributed by atoms with E-state index in [1.165, 1.54) is 52.8 Å². The van der Waals surface area contributed by atoms with Crippen molar-refractivity contribution >= 4 is 64.1 Å². The SMILES string of the molecule is c1ccc(-c2nc(-c3ccccc3)nc(-c3ccc(-n4c5ccccc5c5ccc6c7cc8ccccc8cc7sc6c54)cc3)n2)cc1. The summed E-state index contributed by atoms with van der Waals surface area (Å²) in [6, 6.07) is 55.5. The fraction of sp³-hybridized carbons (Fsp3) is 0. The molecule has 0 amide bonds. The highest BCUT2D eigenvalue weighted by molar-refractivity contribution is 7.26. The zero-order valence-corrected chi connectivity index (χ0v) is 26.5. The van der Waals surface area contributed by atoms with Gasteiger partial charge in [-0.2, -0.15) is 0 Å². The molecule has 224 valence electrons. The first-order chi connectivity index (χ1) is 23.8. The molecule has 0 spiro atoms. The summed E-state index contributed by atoms with van der Waals surface area (Å²) in [7, 11) is 0. The van der Waals surface area contributed by atoms with Gasteiger partial charge < -0.3 is 4.57 Å². The fourth-order valence-electron chi connectivity index (χ4n) is 6.93. The van der Waals surface area contributed by atoms with Crippen molar-refractivity contribution in [3.05, 3.63) is 158 Å². The molecule has 0 aliphatic carbocycles. The molecule has 0 saturated heterocycles. The summed E-state index contributed by atoms with van der Waals surface area (Å²) < 4.78 is 5.03. The normalized spacial score (nSPS) is 11.8. The van der Waals surface area contributed by atoms with Gasteiger partial charge >= 0.3 is 0 Å². The lowest BCUT2D eigenvalue weighted by molar-refractivity contribution is 1.07. The van der Waals surface area contributed by atoms with Crippen LogP contribution in [0.3, 0.4) is 0 Å². The van der Waals surface area contributed by atoms with Crippen LogP contribution in [0, 0.1) is 0 Å². The lowest BCUT2D eigenvalue weighted by Crippen LogP contribution is -2.00. The molecule has 0 atom stereocenters. The van der Waals surface area contributed by atoms with Gasteiger partial charge in [0.1, 0.15) is 0 Å². The van der Waals surface area contributed by atoms with Gasteiger partial charge in [-0.3, -0.25) is 0 Å². The summed E-state index contributed by atoms with van der Waals surface area (Å²) >= 11 is 1.88. The van der Waals surface area contributed by atoms with Crippen molar-refractivity contribution in [1.82, 2.24) is 19.5 Å². The first-order valence-electron chi connectivity index (χ1n) is 16.0. The quantitative estimate of drug-likeness (QED) is 0.194. The number of fused-ring (bicyclic) bond motifs is 8.